The van der Waals surface area contributed by atoms with E-state index >= 15 is 0 Å². The number of nitrogen functional groups attached to an aromatic ring is 1. The molecule has 0 fully saturated rings. The van der Waals surface area contributed by atoms with Gasteiger partial charge in [0.25, 0.3) is 0 Å². The Morgan fingerprint density at radius 2 is 1.42 bits per heavy atom. The molecule has 24 heavy (non-hydrogen) atoms. The molecule has 0 atom stereocenters. The van der Waals surface area contributed by atoms with Crippen molar-refractivity contribution in [3.8, 4) is 0 Å². The Balaban J connectivity index is 1.84. The summed E-state index contributed by atoms with van der Waals surface area (Å²) in [4.78, 5) is 8.15. The zero-order valence-corrected chi connectivity index (χ0v) is 12.8. The summed E-state index contributed by atoms with van der Waals surface area (Å²) in [6.45, 7) is 1.99. The average Bonchev–Trinajstić information content (AvgIpc) is 2.57. The van der Waals surface area contributed by atoms with Crippen LogP contribution in [0.15, 0.2) is 48.8 Å². The average molecular weight is 327 g/mol. The molecule has 0 amide bonds. The normalized spacial score (nSPS) is 10.5. The zero-order chi connectivity index (χ0) is 17.1. The van der Waals surface area contributed by atoms with Crippen LogP contribution in [0.3, 0.4) is 0 Å². The number of anilines is 5. The van der Waals surface area contributed by atoms with Gasteiger partial charge >= 0.3 is 0 Å². The van der Waals surface area contributed by atoms with E-state index in [1.807, 2.05) is 31.2 Å². The van der Waals surface area contributed by atoms with E-state index < -0.39 is 11.6 Å². The van der Waals surface area contributed by atoms with E-state index in [9.17, 15) is 8.78 Å². The minimum Gasteiger partial charge on any atom is -0.393 e. The molecule has 122 valence electrons. The summed E-state index contributed by atoms with van der Waals surface area (Å²) in [5, 5.41) is 5.95. The predicted octanol–water partition coefficient (Wildman–Crippen LogP) is 4.13. The Kier molecular flexibility index (Phi) is 4.24. The van der Waals surface area contributed by atoms with Crippen molar-refractivity contribution in [2.24, 2.45) is 0 Å². The molecule has 3 aromatic rings. The van der Waals surface area contributed by atoms with Gasteiger partial charge in [-0.15, -0.1) is 0 Å². The number of benzene rings is 2. The molecule has 4 N–H and O–H groups in total. The Hall–Kier alpha value is -3.22. The molecule has 5 nitrogen and oxygen atoms in total. The number of aromatic nitrogens is 2. The lowest BCUT2D eigenvalue weighted by Crippen LogP contribution is -2.05. The number of hydrogen-bond acceptors (Lipinski definition) is 5. The number of hydrogen-bond donors (Lipinski definition) is 3. The number of rotatable bonds is 4. The number of halogens is 2. The van der Waals surface area contributed by atoms with Crippen LogP contribution < -0.4 is 16.4 Å². The summed E-state index contributed by atoms with van der Waals surface area (Å²) in [6.07, 6.45) is 1.33. The molecule has 2 aromatic carbocycles. The lowest BCUT2D eigenvalue weighted by Gasteiger charge is -2.13. The molecule has 1 aromatic heterocycles. The maximum absolute atomic E-state index is 13.3. The minimum absolute atomic E-state index is 0.266. The van der Waals surface area contributed by atoms with Crippen molar-refractivity contribution in [2.75, 3.05) is 16.4 Å². The van der Waals surface area contributed by atoms with Gasteiger partial charge in [0.1, 0.15) is 12.0 Å². The van der Waals surface area contributed by atoms with E-state index in [0.717, 1.165) is 23.4 Å². The van der Waals surface area contributed by atoms with Gasteiger partial charge in [-0.3, -0.25) is 0 Å². The molecule has 0 radical (unpaired) electrons. The first-order chi connectivity index (χ1) is 11.5. The summed E-state index contributed by atoms with van der Waals surface area (Å²) in [5.41, 5.74) is 8.62. The lowest BCUT2D eigenvalue weighted by molar-refractivity contribution is 0.509. The van der Waals surface area contributed by atoms with Crippen LogP contribution in [0.2, 0.25) is 0 Å². The highest BCUT2D eigenvalue weighted by Gasteiger charge is 2.10. The fraction of sp³-hybridized carbons (Fsp3) is 0.0588. The molecular formula is C17H15F2N5. The summed E-state index contributed by atoms with van der Waals surface area (Å²) >= 11 is 0. The molecule has 7 heteroatoms. The van der Waals surface area contributed by atoms with Gasteiger partial charge in [-0.05, 0) is 31.2 Å². The van der Waals surface area contributed by atoms with E-state index in [0.29, 0.717) is 17.3 Å². The number of aryl methyl sites for hydroxylation is 1. The van der Waals surface area contributed by atoms with Gasteiger partial charge in [0.05, 0.1) is 0 Å². The van der Waals surface area contributed by atoms with E-state index in [1.165, 1.54) is 12.4 Å². The third kappa shape index (κ3) is 3.40. The molecule has 0 bridgehead atoms. The van der Waals surface area contributed by atoms with Gasteiger partial charge in [0.15, 0.2) is 23.3 Å². The molecule has 0 saturated carbocycles. The second kappa shape index (κ2) is 6.49. The Bertz CT molecular complexity index is 865. The molecule has 0 aliphatic heterocycles. The van der Waals surface area contributed by atoms with Crippen LogP contribution in [-0.2, 0) is 0 Å². The van der Waals surface area contributed by atoms with Gasteiger partial charge in [-0.25, -0.2) is 18.7 Å². The molecule has 0 saturated heterocycles. The first kappa shape index (κ1) is 15.7. The van der Waals surface area contributed by atoms with Crippen molar-refractivity contribution >= 4 is 28.7 Å². The van der Waals surface area contributed by atoms with Crippen LogP contribution >= 0.6 is 0 Å². The van der Waals surface area contributed by atoms with Gasteiger partial charge < -0.3 is 16.4 Å². The fourth-order valence-corrected chi connectivity index (χ4v) is 2.08. The van der Waals surface area contributed by atoms with Crippen molar-refractivity contribution in [3.05, 3.63) is 66.0 Å². The van der Waals surface area contributed by atoms with Crippen LogP contribution in [0, 0.1) is 18.6 Å². The summed E-state index contributed by atoms with van der Waals surface area (Å²) < 4.78 is 26.3. The quantitative estimate of drug-likeness (QED) is 0.671. The van der Waals surface area contributed by atoms with Crippen molar-refractivity contribution < 1.29 is 8.78 Å². The van der Waals surface area contributed by atoms with Crippen LogP contribution in [-0.4, -0.2) is 9.97 Å². The lowest BCUT2D eigenvalue weighted by atomic mass is 10.2. The summed E-state index contributed by atoms with van der Waals surface area (Å²) in [6, 6.07) is 11.2. The molecule has 0 unspecified atom stereocenters. The molecule has 1 heterocycles. The van der Waals surface area contributed by atoms with Crippen molar-refractivity contribution in [1.82, 2.24) is 9.97 Å². The Morgan fingerprint density at radius 1 is 0.833 bits per heavy atom. The third-order valence-electron chi connectivity index (χ3n) is 3.38. The van der Waals surface area contributed by atoms with E-state index in [2.05, 4.69) is 20.6 Å². The zero-order valence-electron chi connectivity index (χ0n) is 12.8. The maximum Gasteiger partial charge on any atom is 0.160 e. The third-order valence-corrected chi connectivity index (χ3v) is 3.38. The molecule has 0 aliphatic rings. The molecular weight excluding hydrogens is 312 g/mol. The maximum atomic E-state index is 13.3. The first-order valence-electron chi connectivity index (χ1n) is 7.19. The van der Waals surface area contributed by atoms with Crippen LogP contribution in [0.4, 0.5) is 37.5 Å². The largest absolute Gasteiger partial charge is 0.393 e. The standard InChI is InChI=1S/C17H15F2N5/c1-10-2-4-11(5-3-10)23-16-15(20)17(22-9-21-16)24-12-6-7-13(18)14(19)8-12/h2-9H,20H2,1H3,(H2,21,22,23,24). The van der Waals surface area contributed by atoms with Crippen molar-refractivity contribution in [3.63, 3.8) is 0 Å². The van der Waals surface area contributed by atoms with E-state index in [4.69, 9.17) is 5.73 Å². The Labute approximate surface area is 137 Å². The van der Waals surface area contributed by atoms with Gasteiger partial charge in [0.2, 0.25) is 0 Å². The van der Waals surface area contributed by atoms with E-state index in [-0.39, 0.29) is 5.69 Å². The highest BCUT2D eigenvalue weighted by molar-refractivity contribution is 5.80. The minimum atomic E-state index is -0.953. The highest BCUT2D eigenvalue weighted by Crippen LogP contribution is 2.28. The SMILES string of the molecule is Cc1ccc(Nc2ncnc(Nc3ccc(F)c(F)c3)c2N)cc1. The smallest absolute Gasteiger partial charge is 0.160 e. The monoisotopic (exact) mass is 327 g/mol. The van der Waals surface area contributed by atoms with Crippen LogP contribution in [0.1, 0.15) is 5.56 Å². The summed E-state index contributed by atoms with van der Waals surface area (Å²) in [7, 11) is 0. The second-order valence-electron chi connectivity index (χ2n) is 5.23. The molecule has 3 rings (SSSR count). The second-order valence-corrected chi connectivity index (χ2v) is 5.23. The van der Waals surface area contributed by atoms with E-state index in [1.54, 1.807) is 0 Å². The van der Waals surface area contributed by atoms with Crippen molar-refractivity contribution in [2.45, 2.75) is 6.92 Å². The fourth-order valence-electron chi connectivity index (χ4n) is 2.08. The van der Waals surface area contributed by atoms with Gasteiger partial charge in [-0.1, -0.05) is 17.7 Å². The molecule has 0 aliphatic carbocycles. The Morgan fingerprint density at radius 3 is 2.04 bits per heavy atom. The highest BCUT2D eigenvalue weighted by atomic mass is 19.2. The number of nitrogens with zero attached hydrogens (tertiary/aromatic N) is 2. The molecule has 0 spiro atoms. The van der Waals surface area contributed by atoms with Gasteiger partial charge in [-0.2, -0.15) is 0 Å². The predicted molar refractivity (Wildman–Crippen MR) is 90.5 cm³/mol. The first-order valence-corrected chi connectivity index (χ1v) is 7.19. The topological polar surface area (TPSA) is 75.9 Å². The van der Waals surface area contributed by atoms with Crippen LogP contribution in [0.5, 0.6) is 0 Å². The van der Waals surface area contributed by atoms with Gasteiger partial charge in [0, 0.05) is 17.4 Å². The summed E-state index contributed by atoms with van der Waals surface area (Å²) in [5.74, 6) is -1.16. The number of nitrogens with one attached hydrogen (secondary N) is 2. The number of nitrogens with two attached hydrogens (primary N) is 1. The van der Waals surface area contributed by atoms with Crippen LogP contribution in [0.25, 0.3) is 0 Å². The van der Waals surface area contributed by atoms with Crippen molar-refractivity contribution in [1.29, 1.82) is 0 Å².